The van der Waals surface area contributed by atoms with Crippen LogP contribution in [0.5, 0.6) is 0 Å². The van der Waals surface area contributed by atoms with E-state index in [1.165, 1.54) is 0 Å². The van der Waals surface area contributed by atoms with E-state index in [2.05, 4.69) is 0 Å². The summed E-state index contributed by atoms with van der Waals surface area (Å²) in [5.41, 5.74) is 0. The van der Waals surface area contributed by atoms with Gasteiger partial charge < -0.3 is 0 Å². The fraction of sp³-hybridized carbons (Fsp3) is 0. The topological polar surface area (TPSA) is 0 Å². The Kier molecular flexibility index (Phi) is 116. The molecule has 0 aromatic carbocycles. The van der Waals surface area contributed by atoms with E-state index in [1.807, 2.05) is 0 Å². The van der Waals surface area contributed by atoms with E-state index in [4.69, 9.17) is 0 Å². The summed E-state index contributed by atoms with van der Waals surface area (Å²) in [6.07, 6.45) is 0. The second kappa shape index (κ2) is 16.6. The van der Waals surface area contributed by atoms with Crippen LogP contribution in [0.15, 0.2) is 0 Å². The van der Waals surface area contributed by atoms with E-state index >= 15 is 0 Å². The summed E-state index contributed by atoms with van der Waals surface area (Å²) >= 11 is 0. The van der Waals surface area contributed by atoms with Gasteiger partial charge in [-0.1, -0.05) is 0 Å². The molecule has 4 heavy (non-hydrogen) atoms. The van der Waals surface area contributed by atoms with E-state index in [1.54, 1.807) is 0 Å². The average molecular weight is 435 g/mol. The first-order chi connectivity index (χ1) is 0. The van der Waals surface area contributed by atoms with Crippen LogP contribution >= 0.6 is 0 Å². The van der Waals surface area contributed by atoms with Crippen molar-refractivity contribution < 1.29 is 0 Å². The SMILES string of the molecule is [GaH3].[SnH2].[SnH2].[SnH2]. The number of rotatable bonds is 0. The van der Waals surface area contributed by atoms with Crippen molar-refractivity contribution in [1.29, 1.82) is 0 Å². The van der Waals surface area contributed by atoms with Crippen LogP contribution in [0.2, 0.25) is 0 Å². The summed E-state index contributed by atoms with van der Waals surface area (Å²) < 4.78 is 0. The van der Waals surface area contributed by atoms with E-state index in [-0.39, 0.29) is 91.5 Å². The summed E-state index contributed by atoms with van der Waals surface area (Å²) in [4.78, 5) is 0. The van der Waals surface area contributed by atoms with Gasteiger partial charge >= 0.3 is 91.5 Å². The zero-order valence-electron chi connectivity index (χ0n) is 2.12. The molecule has 0 saturated heterocycles. The fourth-order valence-electron chi connectivity index (χ4n) is 0. The van der Waals surface area contributed by atoms with E-state index in [0.717, 1.165) is 0 Å². The van der Waals surface area contributed by atoms with Gasteiger partial charge in [0.1, 0.15) is 0 Å². The molecule has 0 aromatic rings. The van der Waals surface area contributed by atoms with Gasteiger partial charge in [-0.05, 0) is 0 Å². The minimum atomic E-state index is 0. The molecule has 6 radical (unpaired) electrons. The van der Waals surface area contributed by atoms with Crippen molar-refractivity contribution in [1.82, 2.24) is 0 Å². The third kappa shape index (κ3) is 8.90. The van der Waals surface area contributed by atoms with Crippen LogP contribution < -0.4 is 0 Å². The Bertz CT molecular complexity index is 3.25. The van der Waals surface area contributed by atoms with Crippen molar-refractivity contribution in [2.75, 3.05) is 0 Å². The zero-order chi connectivity index (χ0) is 0. The zero-order valence-corrected chi connectivity index (χ0v) is 14.2. The van der Waals surface area contributed by atoms with Crippen molar-refractivity contribution in [3.05, 3.63) is 0 Å². The summed E-state index contributed by atoms with van der Waals surface area (Å²) in [7, 11) is 0. The Morgan fingerprint density at radius 2 is 0.500 bits per heavy atom. The Morgan fingerprint density at radius 3 is 0.500 bits per heavy atom. The van der Waals surface area contributed by atoms with Gasteiger partial charge in [0.15, 0.2) is 0 Å². The molecular formula is H9GaSn3. The molecule has 0 unspecified atom stereocenters. The normalized spacial score (nSPS) is 0. The Hall–Kier alpha value is 3.03. The molecule has 0 N–H and O–H groups in total. The van der Waals surface area contributed by atoms with Gasteiger partial charge in [-0.25, -0.2) is 0 Å². The molecule has 24 valence electrons. The predicted molar refractivity (Wildman–Crippen MR) is 35.6 cm³/mol. The predicted octanol–water partition coefficient (Wildman–Crippen LogP) is -3.93. The summed E-state index contributed by atoms with van der Waals surface area (Å²) in [5, 5.41) is 0. The van der Waals surface area contributed by atoms with Crippen LogP contribution in [0.4, 0.5) is 0 Å². The molecule has 0 fully saturated rings. The second-order valence-electron chi connectivity index (χ2n) is 0. The van der Waals surface area contributed by atoms with E-state index < -0.39 is 0 Å². The van der Waals surface area contributed by atoms with Crippen LogP contribution in [0.1, 0.15) is 0 Å². The maximum absolute atomic E-state index is 0. The first-order valence-corrected chi connectivity index (χ1v) is 0. The van der Waals surface area contributed by atoms with Gasteiger partial charge in [0, 0.05) is 0 Å². The molecule has 0 aliphatic carbocycles. The van der Waals surface area contributed by atoms with Crippen LogP contribution in [-0.4, -0.2) is 91.5 Å². The second-order valence-corrected chi connectivity index (χ2v) is 0. The van der Waals surface area contributed by atoms with Crippen LogP contribution in [-0.2, 0) is 0 Å². The molecular weight excluding hydrogens is 426 g/mol. The summed E-state index contributed by atoms with van der Waals surface area (Å²) in [5.74, 6) is 0. The summed E-state index contributed by atoms with van der Waals surface area (Å²) in [6.45, 7) is 0. The van der Waals surface area contributed by atoms with Crippen molar-refractivity contribution in [2.24, 2.45) is 0 Å². The third-order valence-corrected chi connectivity index (χ3v) is 0. The Labute approximate surface area is 89.8 Å². The fourth-order valence-corrected chi connectivity index (χ4v) is 0. The van der Waals surface area contributed by atoms with E-state index in [0.29, 0.717) is 0 Å². The molecule has 0 atom stereocenters. The van der Waals surface area contributed by atoms with Crippen molar-refractivity contribution in [3.63, 3.8) is 0 Å². The molecule has 0 saturated carbocycles. The first kappa shape index (κ1) is 27.8. The van der Waals surface area contributed by atoms with Crippen molar-refractivity contribution in [3.8, 4) is 0 Å². The molecule has 0 aliphatic rings. The molecule has 0 spiro atoms. The van der Waals surface area contributed by atoms with Gasteiger partial charge in [-0.15, -0.1) is 0 Å². The standard InChI is InChI=1S/Ga.3Sn.9H. The van der Waals surface area contributed by atoms with Crippen LogP contribution in [0.25, 0.3) is 0 Å². The van der Waals surface area contributed by atoms with E-state index in [9.17, 15) is 0 Å². The van der Waals surface area contributed by atoms with Gasteiger partial charge in [0.2, 0.25) is 0 Å². The first-order valence-electron chi connectivity index (χ1n) is 0. The molecule has 0 bridgehead atoms. The molecule has 0 amide bonds. The monoisotopic (exact) mass is 438 g/mol. The number of hydrogen-bond donors (Lipinski definition) is 0. The van der Waals surface area contributed by atoms with Crippen LogP contribution in [0.3, 0.4) is 0 Å². The maximum atomic E-state index is 0. The molecule has 0 rings (SSSR count). The van der Waals surface area contributed by atoms with Gasteiger partial charge in [-0.3, -0.25) is 0 Å². The van der Waals surface area contributed by atoms with Gasteiger partial charge in [0.05, 0.1) is 0 Å². The Balaban J connectivity index is 0. The molecule has 0 nitrogen and oxygen atoms in total. The van der Waals surface area contributed by atoms with Crippen LogP contribution in [0, 0.1) is 0 Å². The number of hydrogen-bond acceptors (Lipinski definition) is 0. The summed E-state index contributed by atoms with van der Waals surface area (Å²) in [6, 6.07) is 0. The van der Waals surface area contributed by atoms with Crippen molar-refractivity contribution in [2.45, 2.75) is 0 Å². The molecule has 0 aromatic heterocycles. The van der Waals surface area contributed by atoms with Crippen molar-refractivity contribution >= 4 is 91.5 Å². The quantitative estimate of drug-likeness (QED) is 0.342. The third-order valence-electron chi connectivity index (χ3n) is 0. The molecule has 0 heterocycles. The Morgan fingerprint density at radius 1 is 0.500 bits per heavy atom. The van der Waals surface area contributed by atoms with Gasteiger partial charge in [-0.2, -0.15) is 0 Å². The molecule has 0 aliphatic heterocycles. The molecule has 4 heteroatoms. The van der Waals surface area contributed by atoms with Gasteiger partial charge in [0.25, 0.3) is 0 Å². The average Bonchev–Trinajstić information content (AvgIpc) is 0. The minimum absolute atomic E-state index is 0.